The Hall–Kier alpha value is -0.510. The van der Waals surface area contributed by atoms with Gasteiger partial charge in [-0.3, -0.25) is 0 Å². The summed E-state index contributed by atoms with van der Waals surface area (Å²) < 4.78 is 5.74. The monoisotopic (exact) mass is 264 g/mol. The van der Waals surface area contributed by atoms with Crippen LogP contribution in [0.15, 0.2) is 18.3 Å². The van der Waals surface area contributed by atoms with E-state index in [2.05, 4.69) is 10.3 Å². The Bertz CT molecular complexity index is 287. The van der Waals surface area contributed by atoms with Crippen molar-refractivity contribution in [2.45, 2.75) is 25.9 Å². The van der Waals surface area contributed by atoms with Crippen molar-refractivity contribution in [3.05, 3.63) is 23.9 Å². The topological polar surface area (TPSA) is 34.1 Å². The second-order valence-corrected chi connectivity index (χ2v) is 3.76. The summed E-state index contributed by atoms with van der Waals surface area (Å²) in [5, 5.41) is 3.31. The van der Waals surface area contributed by atoms with Crippen LogP contribution in [0.4, 0.5) is 0 Å². The Morgan fingerprint density at radius 2 is 2.19 bits per heavy atom. The molecule has 1 unspecified atom stereocenters. The molecule has 0 aromatic carbocycles. The molecule has 0 bridgehead atoms. The molecule has 1 saturated heterocycles. The van der Waals surface area contributed by atoms with Gasteiger partial charge >= 0.3 is 0 Å². The zero-order valence-corrected chi connectivity index (χ0v) is 10.9. The SMILES string of the molecule is Cc1ccc(OC2CCCNC2)nc1.Cl.Cl. The van der Waals surface area contributed by atoms with E-state index in [1.54, 1.807) is 0 Å². The first-order valence-corrected chi connectivity index (χ1v) is 5.14. The number of aromatic nitrogens is 1. The maximum atomic E-state index is 5.74. The molecule has 0 radical (unpaired) electrons. The highest BCUT2D eigenvalue weighted by Gasteiger charge is 2.14. The molecule has 1 N–H and O–H groups in total. The molecule has 1 aliphatic heterocycles. The van der Waals surface area contributed by atoms with E-state index >= 15 is 0 Å². The van der Waals surface area contributed by atoms with Crippen molar-refractivity contribution in [2.24, 2.45) is 0 Å². The van der Waals surface area contributed by atoms with Crippen molar-refractivity contribution in [3.63, 3.8) is 0 Å². The van der Waals surface area contributed by atoms with E-state index in [1.807, 2.05) is 25.3 Å². The molecule has 1 aromatic heterocycles. The predicted octanol–water partition coefficient (Wildman–Crippen LogP) is 2.36. The van der Waals surface area contributed by atoms with Crippen LogP contribution >= 0.6 is 24.8 Å². The van der Waals surface area contributed by atoms with E-state index in [4.69, 9.17) is 4.74 Å². The Balaban J connectivity index is 0.00000112. The molecule has 1 aromatic rings. The number of halogens is 2. The van der Waals surface area contributed by atoms with Crippen LogP contribution < -0.4 is 10.1 Å². The van der Waals surface area contributed by atoms with E-state index < -0.39 is 0 Å². The van der Waals surface area contributed by atoms with Crippen LogP contribution in [0.1, 0.15) is 18.4 Å². The fraction of sp³-hybridized carbons (Fsp3) is 0.545. The van der Waals surface area contributed by atoms with Gasteiger partial charge in [0.15, 0.2) is 0 Å². The minimum atomic E-state index is 0. The molecule has 16 heavy (non-hydrogen) atoms. The minimum Gasteiger partial charge on any atom is -0.473 e. The van der Waals surface area contributed by atoms with Gasteiger partial charge in [-0.1, -0.05) is 6.07 Å². The number of nitrogens with one attached hydrogen (secondary N) is 1. The van der Waals surface area contributed by atoms with E-state index in [-0.39, 0.29) is 24.8 Å². The third kappa shape index (κ3) is 4.56. The van der Waals surface area contributed by atoms with E-state index in [1.165, 1.54) is 12.0 Å². The van der Waals surface area contributed by atoms with Gasteiger partial charge in [-0.25, -0.2) is 4.98 Å². The quantitative estimate of drug-likeness (QED) is 0.891. The Morgan fingerprint density at radius 3 is 2.75 bits per heavy atom. The second kappa shape index (κ2) is 7.71. The summed E-state index contributed by atoms with van der Waals surface area (Å²) in [6, 6.07) is 3.96. The van der Waals surface area contributed by atoms with Crippen LogP contribution in [0.25, 0.3) is 0 Å². The van der Waals surface area contributed by atoms with Gasteiger partial charge in [0.1, 0.15) is 6.10 Å². The van der Waals surface area contributed by atoms with Crippen LogP contribution in [-0.2, 0) is 0 Å². The molecule has 0 amide bonds. The lowest BCUT2D eigenvalue weighted by atomic mass is 10.1. The average molecular weight is 265 g/mol. The van der Waals surface area contributed by atoms with Crippen molar-refractivity contribution in [1.29, 1.82) is 0 Å². The van der Waals surface area contributed by atoms with Crippen LogP contribution in [0.5, 0.6) is 5.88 Å². The zero-order valence-electron chi connectivity index (χ0n) is 9.31. The van der Waals surface area contributed by atoms with Gasteiger partial charge < -0.3 is 10.1 Å². The Morgan fingerprint density at radius 1 is 1.38 bits per heavy atom. The summed E-state index contributed by atoms with van der Waals surface area (Å²) >= 11 is 0. The number of hydrogen-bond donors (Lipinski definition) is 1. The maximum absolute atomic E-state index is 5.74. The van der Waals surface area contributed by atoms with Gasteiger partial charge in [0.2, 0.25) is 5.88 Å². The smallest absolute Gasteiger partial charge is 0.213 e. The predicted molar refractivity (Wildman–Crippen MR) is 70.0 cm³/mol. The third-order valence-corrected chi connectivity index (χ3v) is 2.42. The normalized spacial score (nSPS) is 19.2. The van der Waals surface area contributed by atoms with Crippen LogP contribution in [-0.4, -0.2) is 24.2 Å². The standard InChI is InChI=1S/C11H16N2O.2ClH/c1-9-4-5-11(13-7-9)14-10-3-2-6-12-8-10;;/h4-5,7,10,12H,2-3,6,8H2,1H3;2*1H. The summed E-state index contributed by atoms with van der Waals surface area (Å²) in [7, 11) is 0. The van der Waals surface area contributed by atoms with E-state index in [0.29, 0.717) is 6.10 Å². The van der Waals surface area contributed by atoms with Crippen molar-refractivity contribution in [1.82, 2.24) is 10.3 Å². The summed E-state index contributed by atoms with van der Waals surface area (Å²) in [6.07, 6.45) is 4.45. The highest BCUT2D eigenvalue weighted by Crippen LogP contribution is 2.12. The Kier molecular flexibility index (Phi) is 7.47. The van der Waals surface area contributed by atoms with Gasteiger partial charge in [0.25, 0.3) is 0 Å². The molecule has 2 rings (SSSR count). The first-order chi connectivity index (χ1) is 6.84. The molecule has 0 aliphatic carbocycles. The van der Waals surface area contributed by atoms with Crippen LogP contribution in [0, 0.1) is 6.92 Å². The fourth-order valence-corrected chi connectivity index (χ4v) is 1.62. The van der Waals surface area contributed by atoms with E-state index in [0.717, 1.165) is 25.4 Å². The minimum absolute atomic E-state index is 0. The highest BCUT2D eigenvalue weighted by atomic mass is 35.5. The van der Waals surface area contributed by atoms with Gasteiger partial charge in [0.05, 0.1) is 0 Å². The zero-order chi connectivity index (χ0) is 9.80. The Labute approximate surface area is 109 Å². The van der Waals surface area contributed by atoms with Crippen LogP contribution in [0.2, 0.25) is 0 Å². The molecule has 1 fully saturated rings. The van der Waals surface area contributed by atoms with Crippen molar-refractivity contribution in [2.75, 3.05) is 13.1 Å². The lowest BCUT2D eigenvalue weighted by Crippen LogP contribution is -2.37. The van der Waals surface area contributed by atoms with E-state index in [9.17, 15) is 0 Å². The van der Waals surface area contributed by atoms with Crippen molar-refractivity contribution in [3.8, 4) is 5.88 Å². The molecule has 3 nitrogen and oxygen atoms in total. The second-order valence-electron chi connectivity index (χ2n) is 3.76. The molecular weight excluding hydrogens is 247 g/mol. The van der Waals surface area contributed by atoms with Crippen LogP contribution in [0.3, 0.4) is 0 Å². The summed E-state index contributed by atoms with van der Waals surface area (Å²) in [5.41, 5.74) is 1.17. The number of ether oxygens (including phenoxy) is 1. The molecular formula is C11H18Cl2N2O. The molecule has 1 atom stereocenters. The summed E-state index contributed by atoms with van der Waals surface area (Å²) in [5.74, 6) is 0.740. The number of hydrogen-bond acceptors (Lipinski definition) is 3. The van der Waals surface area contributed by atoms with Gasteiger partial charge in [0, 0.05) is 18.8 Å². The van der Waals surface area contributed by atoms with Gasteiger partial charge in [-0.2, -0.15) is 0 Å². The first-order valence-electron chi connectivity index (χ1n) is 5.14. The lowest BCUT2D eigenvalue weighted by molar-refractivity contribution is 0.160. The van der Waals surface area contributed by atoms with Crippen molar-refractivity contribution >= 4 is 24.8 Å². The average Bonchev–Trinajstić information content (AvgIpc) is 2.23. The molecule has 2 heterocycles. The molecule has 0 spiro atoms. The number of nitrogens with zero attached hydrogens (tertiary/aromatic N) is 1. The molecule has 92 valence electrons. The molecule has 0 saturated carbocycles. The number of pyridine rings is 1. The largest absolute Gasteiger partial charge is 0.473 e. The lowest BCUT2D eigenvalue weighted by Gasteiger charge is -2.23. The number of aryl methyl sites for hydroxylation is 1. The number of rotatable bonds is 2. The maximum Gasteiger partial charge on any atom is 0.213 e. The highest BCUT2D eigenvalue weighted by molar-refractivity contribution is 5.85. The van der Waals surface area contributed by atoms with Gasteiger partial charge in [-0.15, -0.1) is 24.8 Å². The fourth-order valence-electron chi connectivity index (χ4n) is 1.62. The first kappa shape index (κ1) is 15.5. The molecule has 5 heteroatoms. The summed E-state index contributed by atoms with van der Waals surface area (Å²) in [4.78, 5) is 4.22. The van der Waals surface area contributed by atoms with Crippen molar-refractivity contribution < 1.29 is 4.74 Å². The van der Waals surface area contributed by atoms with Gasteiger partial charge in [-0.05, 0) is 31.9 Å². The summed E-state index contributed by atoms with van der Waals surface area (Å²) in [6.45, 7) is 4.08. The third-order valence-electron chi connectivity index (χ3n) is 2.42. The number of piperidine rings is 1. The molecule has 1 aliphatic rings.